The Morgan fingerprint density at radius 1 is 1.26 bits per heavy atom. The first-order valence-electron chi connectivity index (χ1n) is 5.88. The maximum Gasteiger partial charge on any atom is 0.277 e. The monoisotopic (exact) mass is 261 g/mol. The number of hydrogen-bond donors (Lipinski definition) is 2. The molecule has 2 aromatic rings. The van der Waals surface area contributed by atoms with Gasteiger partial charge < -0.3 is 15.2 Å². The molecule has 2 aromatic heterocycles. The Bertz CT molecular complexity index is 562. The number of hydrogen-bond acceptors (Lipinski definition) is 6. The molecule has 1 amide bonds. The first-order valence-corrected chi connectivity index (χ1v) is 5.88. The first kappa shape index (κ1) is 13.0. The highest BCUT2D eigenvalue weighted by Crippen LogP contribution is 2.09. The molecule has 2 N–H and O–H groups in total. The van der Waals surface area contributed by atoms with Gasteiger partial charge in [-0.05, 0) is 20.8 Å². The standard InChI is InChI=1S/C12H15N5O2/c1-7(2)15-11-6-13-9(5-14-11)12(18)16-10-4-8(3)19-17-10/h4-7H,1-3H3,(H,14,15)(H,16,17,18). The summed E-state index contributed by atoms with van der Waals surface area (Å²) in [4.78, 5) is 20.0. The summed E-state index contributed by atoms with van der Waals surface area (Å²) in [6, 6.07) is 1.88. The van der Waals surface area contributed by atoms with Crippen molar-refractivity contribution in [2.24, 2.45) is 0 Å². The molecule has 0 saturated carbocycles. The average Bonchev–Trinajstić information content (AvgIpc) is 2.75. The molecule has 0 atom stereocenters. The van der Waals surface area contributed by atoms with E-state index in [2.05, 4.69) is 25.8 Å². The van der Waals surface area contributed by atoms with Crippen molar-refractivity contribution in [2.45, 2.75) is 26.8 Å². The summed E-state index contributed by atoms with van der Waals surface area (Å²) in [5, 5.41) is 9.33. The van der Waals surface area contributed by atoms with E-state index in [1.165, 1.54) is 12.4 Å². The molecule has 2 rings (SSSR count). The molecule has 0 fully saturated rings. The van der Waals surface area contributed by atoms with Crippen molar-refractivity contribution in [3.63, 3.8) is 0 Å². The molecule has 0 aromatic carbocycles. The molecule has 0 bridgehead atoms. The number of aromatic nitrogens is 3. The average molecular weight is 261 g/mol. The lowest BCUT2D eigenvalue weighted by molar-refractivity contribution is 0.102. The van der Waals surface area contributed by atoms with Crippen LogP contribution < -0.4 is 10.6 Å². The highest BCUT2D eigenvalue weighted by molar-refractivity contribution is 6.02. The van der Waals surface area contributed by atoms with E-state index in [0.29, 0.717) is 17.4 Å². The lowest BCUT2D eigenvalue weighted by Crippen LogP contribution is -2.16. The minimum atomic E-state index is -0.378. The highest BCUT2D eigenvalue weighted by Gasteiger charge is 2.11. The Morgan fingerprint density at radius 3 is 2.58 bits per heavy atom. The summed E-state index contributed by atoms with van der Waals surface area (Å²) in [5.74, 6) is 1.23. The van der Waals surface area contributed by atoms with E-state index in [1.807, 2.05) is 13.8 Å². The van der Waals surface area contributed by atoms with Crippen LogP contribution in [0, 0.1) is 6.92 Å². The Kier molecular flexibility index (Phi) is 3.74. The minimum Gasteiger partial charge on any atom is -0.367 e. The maximum atomic E-state index is 11.8. The second kappa shape index (κ2) is 5.47. The zero-order valence-corrected chi connectivity index (χ0v) is 11.0. The predicted molar refractivity (Wildman–Crippen MR) is 70.0 cm³/mol. The normalized spacial score (nSPS) is 10.5. The van der Waals surface area contributed by atoms with Crippen molar-refractivity contribution in [1.29, 1.82) is 0 Å². The number of amides is 1. The lowest BCUT2D eigenvalue weighted by Gasteiger charge is -2.08. The molecule has 19 heavy (non-hydrogen) atoms. The second-order valence-corrected chi connectivity index (χ2v) is 4.36. The topological polar surface area (TPSA) is 92.9 Å². The van der Waals surface area contributed by atoms with Gasteiger partial charge in [-0.25, -0.2) is 9.97 Å². The molecule has 0 unspecified atom stereocenters. The van der Waals surface area contributed by atoms with Crippen molar-refractivity contribution in [3.05, 3.63) is 29.9 Å². The van der Waals surface area contributed by atoms with Crippen LogP contribution in [0.2, 0.25) is 0 Å². The zero-order valence-electron chi connectivity index (χ0n) is 11.0. The van der Waals surface area contributed by atoms with E-state index in [9.17, 15) is 4.79 Å². The Balaban J connectivity index is 2.03. The van der Waals surface area contributed by atoms with Gasteiger partial charge in [-0.1, -0.05) is 5.16 Å². The fourth-order valence-electron chi connectivity index (χ4n) is 1.42. The van der Waals surface area contributed by atoms with Gasteiger partial charge in [-0.15, -0.1) is 0 Å². The number of rotatable bonds is 4. The largest absolute Gasteiger partial charge is 0.367 e. The third kappa shape index (κ3) is 3.51. The van der Waals surface area contributed by atoms with E-state index >= 15 is 0 Å². The van der Waals surface area contributed by atoms with Crippen LogP contribution in [0.15, 0.2) is 23.0 Å². The minimum absolute atomic E-state index is 0.218. The molecule has 0 aliphatic carbocycles. The molecule has 0 spiro atoms. The lowest BCUT2D eigenvalue weighted by atomic mass is 10.4. The number of nitrogens with one attached hydrogen (secondary N) is 2. The Labute approximate surface area is 110 Å². The quantitative estimate of drug-likeness (QED) is 0.872. The first-order chi connectivity index (χ1) is 9.04. The van der Waals surface area contributed by atoms with Gasteiger partial charge in [-0.3, -0.25) is 4.79 Å². The summed E-state index contributed by atoms with van der Waals surface area (Å²) in [6.07, 6.45) is 2.93. The Hall–Kier alpha value is -2.44. The molecule has 0 aliphatic rings. The number of carbonyl (C=O) groups excluding carboxylic acids is 1. The molecular formula is C12H15N5O2. The molecule has 7 nitrogen and oxygen atoms in total. The van der Waals surface area contributed by atoms with Crippen LogP contribution in [0.4, 0.5) is 11.6 Å². The smallest absolute Gasteiger partial charge is 0.277 e. The van der Waals surface area contributed by atoms with E-state index < -0.39 is 0 Å². The molecule has 2 heterocycles. The third-order valence-corrected chi connectivity index (χ3v) is 2.19. The van der Waals surface area contributed by atoms with Gasteiger partial charge in [-0.2, -0.15) is 0 Å². The summed E-state index contributed by atoms with van der Waals surface area (Å²) in [7, 11) is 0. The van der Waals surface area contributed by atoms with Gasteiger partial charge in [0.2, 0.25) is 0 Å². The van der Waals surface area contributed by atoms with Crippen LogP contribution in [0.3, 0.4) is 0 Å². The summed E-state index contributed by atoms with van der Waals surface area (Å²) >= 11 is 0. The van der Waals surface area contributed by atoms with Crippen molar-refractivity contribution in [2.75, 3.05) is 10.6 Å². The summed E-state index contributed by atoms with van der Waals surface area (Å²) < 4.78 is 4.85. The number of anilines is 2. The maximum absolute atomic E-state index is 11.8. The van der Waals surface area contributed by atoms with Crippen LogP contribution >= 0.6 is 0 Å². The highest BCUT2D eigenvalue weighted by atomic mass is 16.5. The fourth-order valence-corrected chi connectivity index (χ4v) is 1.42. The van der Waals surface area contributed by atoms with Gasteiger partial charge in [0.05, 0.1) is 12.4 Å². The van der Waals surface area contributed by atoms with Crippen LogP contribution in [-0.2, 0) is 0 Å². The number of nitrogens with zero attached hydrogens (tertiary/aromatic N) is 3. The third-order valence-electron chi connectivity index (χ3n) is 2.19. The zero-order chi connectivity index (χ0) is 13.8. The summed E-state index contributed by atoms with van der Waals surface area (Å²) in [6.45, 7) is 5.74. The van der Waals surface area contributed by atoms with Crippen LogP contribution in [0.1, 0.15) is 30.1 Å². The van der Waals surface area contributed by atoms with Crippen LogP contribution in [0.5, 0.6) is 0 Å². The van der Waals surface area contributed by atoms with Gasteiger partial charge in [0, 0.05) is 12.1 Å². The van der Waals surface area contributed by atoms with E-state index in [1.54, 1.807) is 13.0 Å². The molecule has 0 radical (unpaired) electrons. The van der Waals surface area contributed by atoms with E-state index in [0.717, 1.165) is 0 Å². The molecule has 100 valence electrons. The van der Waals surface area contributed by atoms with Crippen molar-refractivity contribution in [1.82, 2.24) is 15.1 Å². The van der Waals surface area contributed by atoms with Crippen molar-refractivity contribution < 1.29 is 9.32 Å². The van der Waals surface area contributed by atoms with Crippen molar-refractivity contribution >= 4 is 17.5 Å². The van der Waals surface area contributed by atoms with E-state index in [-0.39, 0.29) is 17.6 Å². The molecule has 0 aliphatic heterocycles. The van der Waals surface area contributed by atoms with Crippen LogP contribution in [0.25, 0.3) is 0 Å². The van der Waals surface area contributed by atoms with E-state index in [4.69, 9.17) is 4.52 Å². The van der Waals surface area contributed by atoms with Crippen molar-refractivity contribution in [3.8, 4) is 0 Å². The number of aryl methyl sites for hydroxylation is 1. The number of carbonyl (C=O) groups is 1. The van der Waals surface area contributed by atoms with Crippen LogP contribution in [-0.4, -0.2) is 27.1 Å². The molecule has 0 saturated heterocycles. The summed E-state index contributed by atoms with van der Waals surface area (Å²) in [5.41, 5.74) is 0.218. The molecule has 7 heteroatoms. The fraction of sp³-hybridized carbons (Fsp3) is 0.333. The SMILES string of the molecule is Cc1cc(NC(=O)c2cnc(NC(C)C)cn2)no1. The van der Waals surface area contributed by atoms with Gasteiger partial charge in [0.25, 0.3) is 5.91 Å². The van der Waals surface area contributed by atoms with Gasteiger partial charge >= 0.3 is 0 Å². The second-order valence-electron chi connectivity index (χ2n) is 4.36. The predicted octanol–water partition coefficient (Wildman–Crippen LogP) is 1.85. The van der Waals surface area contributed by atoms with Gasteiger partial charge in [0.15, 0.2) is 5.82 Å². The molecular weight excluding hydrogens is 246 g/mol. The Morgan fingerprint density at radius 2 is 2.05 bits per heavy atom. The van der Waals surface area contributed by atoms with Gasteiger partial charge in [0.1, 0.15) is 17.3 Å².